The maximum Gasteiger partial charge on any atom is 0.0233 e. The SMILES string of the molecule is CCCNCCc1ccc(CN(CC)CC(C)CC)cc1. The lowest BCUT2D eigenvalue weighted by molar-refractivity contribution is 0.238. The van der Waals surface area contributed by atoms with Crippen LogP contribution in [0.1, 0.15) is 51.7 Å². The summed E-state index contributed by atoms with van der Waals surface area (Å²) in [5.41, 5.74) is 2.87. The zero-order valence-electron chi connectivity index (χ0n) is 14.5. The van der Waals surface area contributed by atoms with Crippen LogP contribution in [0.25, 0.3) is 0 Å². The Morgan fingerprint density at radius 2 is 1.67 bits per heavy atom. The lowest BCUT2D eigenvalue weighted by Crippen LogP contribution is -2.27. The summed E-state index contributed by atoms with van der Waals surface area (Å²) < 4.78 is 0. The smallest absolute Gasteiger partial charge is 0.0233 e. The summed E-state index contributed by atoms with van der Waals surface area (Å²) in [4.78, 5) is 2.55. The summed E-state index contributed by atoms with van der Waals surface area (Å²) in [5, 5.41) is 3.46. The largest absolute Gasteiger partial charge is 0.316 e. The molecule has 2 heteroatoms. The second kappa shape index (κ2) is 10.8. The third-order valence-electron chi connectivity index (χ3n) is 4.16. The fraction of sp³-hybridized carbons (Fsp3) is 0.684. The monoisotopic (exact) mass is 290 g/mol. The van der Waals surface area contributed by atoms with Crippen molar-refractivity contribution in [3.8, 4) is 0 Å². The fourth-order valence-electron chi connectivity index (χ4n) is 2.48. The Morgan fingerprint density at radius 1 is 1.00 bits per heavy atom. The first-order chi connectivity index (χ1) is 10.2. The van der Waals surface area contributed by atoms with Crippen LogP contribution in [0.15, 0.2) is 24.3 Å². The predicted octanol–water partition coefficient (Wildman–Crippen LogP) is 4.10. The Morgan fingerprint density at radius 3 is 2.24 bits per heavy atom. The molecule has 0 spiro atoms. The molecule has 0 aromatic heterocycles. The highest BCUT2D eigenvalue weighted by Gasteiger charge is 2.07. The van der Waals surface area contributed by atoms with Gasteiger partial charge in [-0.3, -0.25) is 4.90 Å². The maximum absolute atomic E-state index is 3.46. The van der Waals surface area contributed by atoms with Gasteiger partial charge in [-0.25, -0.2) is 0 Å². The summed E-state index contributed by atoms with van der Waals surface area (Å²) in [5.74, 6) is 0.786. The average Bonchev–Trinajstić information content (AvgIpc) is 2.52. The number of nitrogens with zero attached hydrogens (tertiary/aromatic N) is 1. The highest BCUT2D eigenvalue weighted by Crippen LogP contribution is 2.11. The van der Waals surface area contributed by atoms with Crippen molar-refractivity contribution in [3.05, 3.63) is 35.4 Å². The van der Waals surface area contributed by atoms with Gasteiger partial charge in [0.2, 0.25) is 0 Å². The number of rotatable bonds is 11. The van der Waals surface area contributed by atoms with E-state index in [4.69, 9.17) is 0 Å². The molecule has 0 bridgehead atoms. The minimum Gasteiger partial charge on any atom is -0.316 e. The third kappa shape index (κ3) is 7.63. The van der Waals surface area contributed by atoms with Gasteiger partial charge >= 0.3 is 0 Å². The molecular weight excluding hydrogens is 256 g/mol. The molecule has 0 fully saturated rings. The molecule has 120 valence electrons. The zero-order chi connectivity index (χ0) is 15.5. The van der Waals surface area contributed by atoms with Gasteiger partial charge < -0.3 is 5.32 Å². The van der Waals surface area contributed by atoms with Crippen molar-refractivity contribution in [2.75, 3.05) is 26.2 Å². The van der Waals surface area contributed by atoms with Crippen LogP contribution in [0.4, 0.5) is 0 Å². The summed E-state index contributed by atoms with van der Waals surface area (Å²) in [6.07, 6.45) is 3.60. The molecule has 2 nitrogen and oxygen atoms in total. The van der Waals surface area contributed by atoms with E-state index in [0.29, 0.717) is 0 Å². The van der Waals surface area contributed by atoms with Gasteiger partial charge in [0, 0.05) is 13.1 Å². The van der Waals surface area contributed by atoms with E-state index in [2.05, 4.69) is 62.2 Å². The second-order valence-electron chi connectivity index (χ2n) is 6.16. The number of hydrogen-bond donors (Lipinski definition) is 1. The first kappa shape index (κ1) is 18.2. The maximum atomic E-state index is 3.46. The number of hydrogen-bond acceptors (Lipinski definition) is 2. The van der Waals surface area contributed by atoms with Gasteiger partial charge in [0.15, 0.2) is 0 Å². The van der Waals surface area contributed by atoms with Crippen LogP contribution in [0.5, 0.6) is 0 Å². The van der Waals surface area contributed by atoms with E-state index in [1.54, 1.807) is 0 Å². The predicted molar refractivity (Wildman–Crippen MR) is 93.7 cm³/mol. The summed E-state index contributed by atoms with van der Waals surface area (Å²) in [7, 11) is 0. The summed E-state index contributed by atoms with van der Waals surface area (Å²) >= 11 is 0. The molecule has 0 saturated heterocycles. The quantitative estimate of drug-likeness (QED) is 0.617. The minimum absolute atomic E-state index is 0.786. The van der Waals surface area contributed by atoms with Gasteiger partial charge in [0.05, 0.1) is 0 Å². The van der Waals surface area contributed by atoms with Crippen molar-refractivity contribution in [3.63, 3.8) is 0 Å². The molecular formula is C19H34N2. The van der Waals surface area contributed by atoms with E-state index in [0.717, 1.165) is 38.5 Å². The molecule has 1 aromatic carbocycles. The van der Waals surface area contributed by atoms with Crippen LogP contribution < -0.4 is 5.32 Å². The van der Waals surface area contributed by atoms with Crippen LogP contribution in [0.2, 0.25) is 0 Å². The molecule has 0 saturated carbocycles. The van der Waals surface area contributed by atoms with Gasteiger partial charge in [-0.15, -0.1) is 0 Å². The minimum atomic E-state index is 0.786. The van der Waals surface area contributed by atoms with Gasteiger partial charge in [0.25, 0.3) is 0 Å². The van der Waals surface area contributed by atoms with Gasteiger partial charge in [0.1, 0.15) is 0 Å². The standard InChI is InChI=1S/C19H34N2/c1-5-13-20-14-12-18-8-10-19(11-9-18)16-21(7-3)15-17(4)6-2/h8-11,17,20H,5-7,12-16H2,1-4H3. The number of nitrogens with one attached hydrogen (secondary N) is 1. The van der Waals surface area contributed by atoms with Crippen LogP contribution in [0.3, 0.4) is 0 Å². The molecule has 0 radical (unpaired) electrons. The van der Waals surface area contributed by atoms with Gasteiger partial charge in [-0.05, 0) is 49.5 Å². The third-order valence-corrected chi connectivity index (χ3v) is 4.16. The zero-order valence-corrected chi connectivity index (χ0v) is 14.5. The fourth-order valence-corrected chi connectivity index (χ4v) is 2.48. The Bertz CT molecular complexity index is 358. The topological polar surface area (TPSA) is 15.3 Å². The average molecular weight is 290 g/mol. The van der Waals surface area contributed by atoms with Crippen molar-refractivity contribution in [2.24, 2.45) is 5.92 Å². The van der Waals surface area contributed by atoms with Crippen LogP contribution >= 0.6 is 0 Å². The van der Waals surface area contributed by atoms with Crippen LogP contribution in [-0.4, -0.2) is 31.1 Å². The van der Waals surface area contributed by atoms with E-state index in [-0.39, 0.29) is 0 Å². The van der Waals surface area contributed by atoms with E-state index in [1.807, 2.05) is 0 Å². The van der Waals surface area contributed by atoms with Crippen LogP contribution in [-0.2, 0) is 13.0 Å². The second-order valence-corrected chi connectivity index (χ2v) is 6.16. The molecule has 0 aliphatic rings. The first-order valence-electron chi connectivity index (χ1n) is 8.70. The highest BCUT2D eigenvalue weighted by molar-refractivity contribution is 5.22. The van der Waals surface area contributed by atoms with Crippen molar-refractivity contribution in [1.29, 1.82) is 0 Å². The first-order valence-corrected chi connectivity index (χ1v) is 8.70. The van der Waals surface area contributed by atoms with E-state index >= 15 is 0 Å². The Hall–Kier alpha value is -0.860. The van der Waals surface area contributed by atoms with Gasteiger partial charge in [-0.2, -0.15) is 0 Å². The summed E-state index contributed by atoms with van der Waals surface area (Å²) in [6.45, 7) is 14.7. The van der Waals surface area contributed by atoms with E-state index in [9.17, 15) is 0 Å². The van der Waals surface area contributed by atoms with Crippen LogP contribution in [0, 0.1) is 5.92 Å². The van der Waals surface area contributed by atoms with Crippen molar-refractivity contribution in [2.45, 2.75) is 53.5 Å². The van der Waals surface area contributed by atoms with Crippen molar-refractivity contribution in [1.82, 2.24) is 10.2 Å². The summed E-state index contributed by atoms with van der Waals surface area (Å²) in [6, 6.07) is 9.18. The van der Waals surface area contributed by atoms with Crippen molar-refractivity contribution >= 4 is 0 Å². The van der Waals surface area contributed by atoms with Gasteiger partial charge in [-0.1, -0.05) is 58.4 Å². The number of benzene rings is 1. The van der Waals surface area contributed by atoms with Crippen molar-refractivity contribution < 1.29 is 0 Å². The Kier molecular flexibility index (Phi) is 9.36. The molecule has 1 aromatic rings. The Balaban J connectivity index is 2.41. The molecule has 0 aliphatic carbocycles. The lowest BCUT2D eigenvalue weighted by atomic mass is 10.1. The molecule has 0 amide bonds. The van der Waals surface area contributed by atoms with E-state index < -0.39 is 0 Å². The molecule has 0 heterocycles. The molecule has 1 atom stereocenters. The highest BCUT2D eigenvalue weighted by atomic mass is 15.1. The molecule has 1 unspecified atom stereocenters. The van der Waals surface area contributed by atoms with E-state index in [1.165, 1.54) is 30.5 Å². The molecule has 1 rings (SSSR count). The molecule has 21 heavy (non-hydrogen) atoms. The normalized spacial score (nSPS) is 12.8. The lowest BCUT2D eigenvalue weighted by Gasteiger charge is -2.23. The molecule has 1 N–H and O–H groups in total. The molecule has 0 aliphatic heterocycles. The Labute approximate surface area is 131 Å².